The monoisotopic (exact) mass is 416 g/mol. The van der Waals surface area contributed by atoms with Crippen molar-refractivity contribution in [1.29, 1.82) is 0 Å². The molecule has 0 saturated heterocycles. The molecule has 1 amide bonds. The van der Waals surface area contributed by atoms with E-state index in [1.165, 1.54) is 25.0 Å². The van der Waals surface area contributed by atoms with Crippen LogP contribution in [0.1, 0.15) is 29.8 Å². The summed E-state index contributed by atoms with van der Waals surface area (Å²) in [5.74, 6) is -1.16. The first-order chi connectivity index (χ1) is 14.3. The van der Waals surface area contributed by atoms with E-state index in [4.69, 9.17) is 14.2 Å². The number of hydrogen-bond acceptors (Lipinski definition) is 7. The molecule has 0 N–H and O–H groups in total. The molecular weight excluding hydrogens is 392 g/mol. The van der Waals surface area contributed by atoms with Gasteiger partial charge >= 0.3 is 5.97 Å². The van der Waals surface area contributed by atoms with Crippen molar-refractivity contribution in [2.75, 3.05) is 20.8 Å². The number of rotatable bonds is 9. The molecule has 0 heterocycles. The molecule has 2 aromatic rings. The first-order valence-electron chi connectivity index (χ1n) is 9.27. The Hall–Kier alpha value is -3.62. The number of esters is 1. The standard InChI is InChI=1S/C21H24N2O7/c1-5-29-19-12-17(23(26)27)16(11-18(19)28-4)21(25)30-14(2)20(24)22(3)13-15-9-7-6-8-10-15/h6-12,14H,5,13H2,1-4H3/t14-/m0/s1. The Morgan fingerprint density at radius 1 is 1.17 bits per heavy atom. The predicted molar refractivity (Wildman–Crippen MR) is 109 cm³/mol. The van der Waals surface area contributed by atoms with E-state index in [9.17, 15) is 19.7 Å². The van der Waals surface area contributed by atoms with Gasteiger partial charge in [-0.2, -0.15) is 0 Å². The van der Waals surface area contributed by atoms with E-state index in [2.05, 4.69) is 0 Å². The highest BCUT2D eigenvalue weighted by molar-refractivity contribution is 5.96. The van der Waals surface area contributed by atoms with Gasteiger partial charge in [-0.1, -0.05) is 30.3 Å². The van der Waals surface area contributed by atoms with Crippen LogP contribution in [0.25, 0.3) is 0 Å². The summed E-state index contributed by atoms with van der Waals surface area (Å²) in [7, 11) is 2.94. The summed E-state index contributed by atoms with van der Waals surface area (Å²) in [5, 5.41) is 11.4. The van der Waals surface area contributed by atoms with Crippen LogP contribution in [0, 0.1) is 10.1 Å². The molecule has 0 aliphatic carbocycles. The van der Waals surface area contributed by atoms with E-state index < -0.39 is 28.6 Å². The second kappa shape index (κ2) is 10.2. The Morgan fingerprint density at radius 3 is 2.40 bits per heavy atom. The average molecular weight is 416 g/mol. The van der Waals surface area contributed by atoms with Crippen LogP contribution in [0.4, 0.5) is 5.69 Å². The van der Waals surface area contributed by atoms with Crippen molar-refractivity contribution in [3.05, 3.63) is 63.7 Å². The Labute approximate surface area is 174 Å². The van der Waals surface area contributed by atoms with Gasteiger partial charge in [-0.25, -0.2) is 4.79 Å². The van der Waals surface area contributed by atoms with Crippen molar-refractivity contribution in [3.63, 3.8) is 0 Å². The van der Waals surface area contributed by atoms with E-state index in [-0.39, 0.29) is 23.7 Å². The molecule has 0 saturated carbocycles. The summed E-state index contributed by atoms with van der Waals surface area (Å²) < 4.78 is 15.7. The Morgan fingerprint density at radius 2 is 1.83 bits per heavy atom. The number of hydrogen-bond donors (Lipinski definition) is 0. The van der Waals surface area contributed by atoms with Crippen molar-refractivity contribution in [2.45, 2.75) is 26.5 Å². The van der Waals surface area contributed by atoms with Gasteiger partial charge in [-0.05, 0) is 19.4 Å². The number of benzene rings is 2. The van der Waals surface area contributed by atoms with Gasteiger partial charge in [0.1, 0.15) is 5.56 Å². The van der Waals surface area contributed by atoms with Crippen molar-refractivity contribution < 1.29 is 28.7 Å². The van der Waals surface area contributed by atoms with Crippen molar-refractivity contribution in [2.24, 2.45) is 0 Å². The van der Waals surface area contributed by atoms with E-state index in [1.54, 1.807) is 14.0 Å². The molecule has 9 heteroatoms. The van der Waals surface area contributed by atoms with E-state index >= 15 is 0 Å². The molecule has 0 aromatic heterocycles. The predicted octanol–water partition coefficient (Wildman–Crippen LogP) is 3.21. The number of ether oxygens (including phenoxy) is 3. The Kier molecular flexibility index (Phi) is 7.74. The van der Waals surface area contributed by atoms with Crippen LogP contribution < -0.4 is 9.47 Å². The van der Waals surface area contributed by atoms with Crippen LogP contribution in [0.2, 0.25) is 0 Å². The topological polar surface area (TPSA) is 108 Å². The molecule has 160 valence electrons. The fraction of sp³-hybridized carbons (Fsp3) is 0.333. The number of nitrogens with zero attached hydrogens (tertiary/aromatic N) is 2. The van der Waals surface area contributed by atoms with E-state index in [1.807, 2.05) is 30.3 Å². The summed E-state index contributed by atoms with van der Waals surface area (Å²) in [6, 6.07) is 11.6. The minimum atomic E-state index is -1.14. The van der Waals surface area contributed by atoms with Gasteiger partial charge in [0.05, 0.1) is 24.7 Å². The molecule has 0 radical (unpaired) electrons. The van der Waals surface area contributed by atoms with Crippen LogP contribution in [-0.2, 0) is 16.1 Å². The molecule has 2 aromatic carbocycles. The zero-order valence-electron chi connectivity index (χ0n) is 17.3. The quantitative estimate of drug-likeness (QED) is 0.351. The number of carbonyl (C=O) groups excluding carboxylic acids is 2. The Balaban J connectivity index is 2.19. The second-order valence-electron chi connectivity index (χ2n) is 6.44. The summed E-state index contributed by atoms with van der Waals surface area (Å²) in [4.78, 5) is 37.3. The lowest BCUT2D eigenvalue weighted by Gasteiger charge is -2.21. The molecule has 0 aliphatic rings. The van der Waals surface area contributed by atoms with Gasteiger partial charge in [0.25, 0.3) is 11.6 Å². The van der Waals surface area contributed by atoms with Gasteiger partial charge in [0, 0.05) is 19.7 Å². The molecule has 0 unspecified atom stereocenters. The SMILES string of the molecule is CCOc1cc([N+](=O)[O-])c(C(=O)O[C@@H](C)C(=O)N(C)Cc2ccccc2)cc1OC. The van der Waals surface area contributed by atoms with E-state index in [0.29, 0.717) is 6.54 Å². The summed E-state index contributed by atoms with van der Waals surface area (Å²) >= 11 is 0. The van der Waals surface area contributed by atoms with Crippen LogP contribution in [0.5, 0.6) is 11.5 Å². The third-order valence-corrected chi connectivity index (χ3v) is 4.27. The number of likely N-dealkylation sites (N-methyl/N-ethyl adjacent to an activating group) is 1. The maximum absolute atomic E-state index is 12.6. The first kappa shape index (κ1) is 22.7. The largest absolute Gasteiger partial charge is 0.493 e. The van der Waals surface area contributed by atoms with Crippen LogP contribution >= 0.6 is 0 Å². The molecule has 0 fully saturated rings. The lowest BCUT2D eigenvalue weighted by molar-refractivity contribution is -0.385. The van der Waals surface area contributed by atoms with Gasteiger partial charge < -0.3 is 19.1 Å². The minimum Gasteiger partial charge on any atom is -0.493 e. The number of amides is 1. The molecular formula is C21H24N2O7. The molecule has 9 nitrogen and oxygen atoms in total. The van der Waals surface area contributed by atoms with Gasteiger partial charge in [0.2, 0.25) is 0 Å². The highest BCUT2D eigenvalue weighted by Crippen LogP contribution is 2.35. The zero-order valence-corrected chi connectivity index (χ0v) is 17.3. The van der Waals surface area contributed by atoms with E-state index in [0.717, 1.165) is 11.6 Å². The van der Waals surface area contributed by atoms with Crippen molar-refractivity contribution >= 4 is 17.6 Å². The zero-order chi connectivity index (χ0) is 22.3. The van der Waals surface area contributed by atoms with Crippen molar-refractivity contribution in [3.8, 4) is 11.5 Å². The van der Waals surface area contributed by atoms with Crippen molar-refractivity contribution in [1.82, 2.24) is 4.90 Å². The third-order valence-electron chi connectivity index (χ3n) is 4.27. The lowest BCUT2D eigenvalue weighted by Crippen LogP contribution is -2.37. The maximum atomic E-state index is 12.6. The van der Waals surface area contributed by atoms with Crippen LogP contribution in [0.3, 0.4) is 0 Å². The minimum absolute atomic E-state index is 0.134. The first-order valence-corrected chi connectivity index (χ1v) is 9.27. The molecule has 0 spiro atoms. The second-order valence-corrected chi connectivity index (χ2v) is 6.44. The highest BCUT2D eigenvalue weighted by Gasteiger charge is 2.29. The number of methoxy groups -OCH3 is 1. The fourth-order valence-corrected chi connectivity index (χ4v) is 2.81. The third kappa shape index (κ3) is 5.47. The summed E-state index contributed by atoms with van der Waals surface area (Å²) in [6.07, 6.45) is -1.14. The van der Waals surface area contributed by atoms with Gasteiger partial charge in [-0.15, -0.1) is 0 Å². The smallest absolute Gasteiger partial charge is 0.346 e. The van der Waals surface area contributed by atoms with Gasteiger partial charge in [-0.3, -0.25) is 14.9 Å². The number of nitro groups is 1. The molecule has 1 atom stereocenters. The lowest BCUT2D eigenvalue weighted by atomic mass is 10.1. The maximum Gasteiger partial charge on any atom is 0.346 e. The number of nitro benzene ring substituents is 1. The van der Waals surface area contributed by atoms with Gasteiger partial charge in [0.15, 0.2) is 17.6 Å². The van der Waals surface area contributed by atoms with Crippen LogP contribution in [0.15, 0.2) is 42.5 Å². The summed E-state index contributed by atoms with van der Waals surface area (Å²) in [6.45, 7) is 3.72. The van der Waals surface area contributed by atoms with Crippen LogP contribution in [-0.4, -0.2) is 48.6 Å². The Bertz CT molecular complexity index is 915. The molecule has 0 aliphatic heterocycles. The molecule has 30 heavy (non-hydrogen) atoms. The normalized spacial score (nSPS) is 11.3. The fourth-order valence-electron chi connectivity index (χ4n) is 2.81. The average Bonchev–Trinajstić information content (AvgIpc) is 2.73. The summed E-state index contributed by atoms with van der Waals surface area (Å²) in [5.41, 5.74) is 0.0889. The number of carbonyl (C=O) groups is 2. The highest BCUT2D eigenvalue weighted by atomic mass is 16.6. The molecule has 2 rings (SSSR count). The molecule has 0 bridgehead atoms.